The monoisotopic (exact) mass is 450 g/mol. The maximum absolute atomic E-state index is 12.5. The van der Waals surface area contributed by atoms with E-state index >= 15 is 0 Å². The third-order valence-electron chi connectivity index (χ3n) is 6.45. The van der Waals surface area contributed by atoms with Crippen LogP contribution in [0.3, 0.4) is 0 Å². The van der Waals surface area contributed by atoms with E-state index in [4.69, 9.17) is 9.47 Å². The van der Waals surface area contributed by atoms with Gasteiger partial charge in [-0.3, -0.25) is 19.3 Å². The molecule has 7 heteroatoms. The predicted octanol–water partition coefficient (Wildman–Crippen LogP) is 3.46. The second-order valence-corrected chi connectivity index (χ2v) is 8.61. The zero-order valence-corrected chi connectivity index (χ0v) is 18.9. The standard InChI is InChI=1S/C26H30N2O5/c1-32-23-15-19(11-12-22(23)33-17-18-7-3-2-4-8-18)16-27-24(29)13-14-28-25(30)20-9-5-6-10-21(20)26(28)31/h2-4,7-8,11-12,15,20-21H,5-6,9-10,13-14,16-17H2,1H3,(H,27,29)/t20-,21-/m0/s1. The van der Waals surface area contributed by atoms with Gasteiger partial charge < -0.3 is 14.8 Å². The van der Waals surface area contributed by atoms with Crippen LogP contribution in [-0.2, 0) is 27.5 Å². The molecular formula is C26H30N2O5. The molecule has 1 N–H and O–H groups in total. The average Bonchev–Trinajstić information content (AvgIpc) is 3.10. The second kappa shape index (κ2) is 10.5. The van der Waals surface area contributed by atoms with Crippen molar-refractivity contribution in [2.24, 2.45) is 11.8 Å². The van der Waals surface area contributed by atoms with Gasteiger partial charge >= 0.3 is 0 Å². The Bertz CT molecular complexity index is 983. The Hall–Kier alpha value is -3.35. The molecule has 0 bridgehead atoms. The van der Waals surface area contributed by atoms with Gasteiger partial charge in [-0.15, -0.1) is 0 Å². The summed E-state index contributed by atoms with van der Waals surface area (Å²) in [6, 6.07) is 15.4. The number of fused-ring (bicyclic) bond motifs is 1. The molecule has 0 radical (unpaired) electrons. The summed E-state index contributed by atoms with van der Waals surface area (Å²) in [5, 5.41) is 2.86. The van der Waals surface area contributed by atoms with E-state index in [1.165, 1.54) is 4.90 Å². The zero-order valence-electron chi connectivity index (χ0n) is 18.9. The summed E-state index contributed by atoms with van der Waals surface area (Å²) in [6.07, 6.45) is 3.66. The number of amides is 3. The van der Waals surface area contributed by atoms with Gasteiger partial charge in [-0.1, -0.05) is 49.2 Å². The molecule has 33 heavy (non-hydrogen) atoms. The van der Waals surface area contributed by atoms with Crippen LogP contribution in [-0.4, -0.2) is 36.3 Å². The summed E-state index contributed by atoms with van der Waals surface area (Å²) in [4.78, 5) is 38.7. The normalized spacial score (nSPS) is 19.8. The van der Waals surface area contributed by atoms with E-state index in [9.17, 15) is 14.4 Å². The molecule has 2 atom stereocenters. The van der Waals surface area contributed by atoms with E-state index < -0.39 is 0 Å². The first-order chi connectivity index (χ1) is 16.1. The maximum Gasteiger partial charge on any atom is 0.233 e. The van der Waals surface area contributed by atoms with Crippen molar-refractivity contribution in [3.63, 3.8) is 0 Å². The van der Waals surface area contributed by atoms with E-state index in [1.54, 1.807) is 7.11 Å². The first kappa shape index (κ1) is 22.8. The number of carbonyl (C=O) groups excluding carboxylic acids is 3. The highest BCUT2D eigenvalue weighted by molar-refractivity contribution is 6.05. The van der Waals surface area contributed by atoms with Gasteiger partial charge in [0.2, 0.25) is 17.7 Å². The number of nitrogens with zero attached hydrogens (tertiary/aromatic N) is 1. The van der Waals surface area contributed by atoms with Crippen LogP contribution in [0.2, 0.25) is 0 Å². The number of carbonyl (C=O) groups is 3. The van der Waals surface area contributed by atoms with Crippen molar-refractivity contribution >= 4 is 17.7 Å². The molecule has 7 nitrogen and oxygen atoms in total. The molecule has 1 heterocycles. The van der Waals surface area contributed by atoms with Crippen LogP contribution < -0.4 is 14.8 Å². The summed E-state index contributed by atoms with van der Waals surface area (Å²) in [6.45, 7) is 0.899. The van der Waals surface area contributed by atoms with Crippen LogP contribution in [0.4, 0.5) is 0 Å². The molecule has 0 aromatic heterocycles. The molecule has 4 rings (SSSR count). The van der Waals surface area contributed by atoms with Crippen molar-refractivity contribution in [1.29, 1.82) is 0 Å². The van der Waals surface area contributed by atoms with Crippen molar-refractivity contribution in [3.05, 3.63) is 59.7 Å². The van der Waals surface area contributed by atoms with Crippen LogP contribution >= 0.6 is 0 Å². The Balaban J connectivity index is 1.26. The smallest absolute Gasteiger partial charge is 0.233 e. The van der Waals surface area contributed by atoms with E-state index in [0.29, 0.717) is 24.7 Å². The number of likely N-dealkylation sites (tertiary alicyclic amines) is 1. The van der Waals surface area contributed by atoms with Crippen molar-refractivity contribution in [2.45, 2.75) is 45.3 Å². The van der Waals surface area contributed by atoms with Crippen molar-refractivity contribution in [2.75, 3.05) is 13.7 Å². The summed E-state index contributed by atoms with van der Waals surface area (Å²) in [5.41, 5.74) is 1.93. The largest absolute Gasteiger partial charge is 0.493 e. The molecule has 3 amide bonds. The highest BCUT2D eigenvalue weighted by Gasteiger charge is 2.47. The van der Waals surface area contributed by atoms with Gasteiger partial charge in [0, 0.05) is 19.5 Å². The van der Waals surface area contributed by atoms with Crippen LogP contribution in [0.25, 0.3) is 0 Å². The molecule has 1 saturated heterocycles. The first-order valence-corrected chi connectivity index (χ1v) is 11.5. The molecule has 2 fully saturated rings. The molecule has 0 unspecified atom stereocenters. The van der Waals surface area contributed by atoms with Gasteiger partial charge in [0.1, 0.15) is 6.61 Å². The van der Waals surface area contributed by atoms with E-state index in [-0.39, 0.29) is 42.5 Å². The lowest BCUT2D eigenvalue weighted by molar-refractivity contribution is -0.140. The van der Waals surface area contributed by atoms with E-state index in [0.717, 1.165) is 36.8 Å². The number of nitrogens with one attached hydrogen (secondary N) is 1. The van der Waals surface area contributed by atoms with E-state index in [1.807, 2.05) is 48.5 Å². The van der Waals surface area contributed by atoms with Crippen molar-refractivity contribution < 1.29 is 23.9 Å². The number of imide groups is 1. The van der Waals surface area contributed by atoms with Gasteiger partial charge in [-0.25, -0.2) is 0 Å². The third kappa shape index (κ3) is 5.35. The van der Waals surface area contributed by atoms with Crippen molar-refractivity contribution in [1.82, 2.24) is 10.2 Å². The topological polar surface area (TPSA) is 84.9 Å². The van der Waals surface area contributed by atoms with Crippen LogP contribution in [0.5, 0.6) is 11.5 Å². The summed E-state index contributed by atoms with van der Waals surface area (Å²) in [7, 11) is 1.58. The van der Waals surface area contributed by atoms with E-state index in [2.05, 4.69) is 5.32 Å². The fraction of sp³-hybridized carbons (Fsp3) is 0.423. The number of benzene rings is 2. The fourth-order valence-electron chi connectivity index (χ4n) is 4.63. The Morgan fingerprint density at radius 3 is 2.33 bits per heavy atom. The lowest BCUT2D eigenvalue weighted by Crippen LogP contribution is -2.35. The van der Waals surface area contributed by atoms with Gasteiger partial charge in [0.15, 0.2) is 11.5 Å². The SMILES string of the molecule is COc1cc(CNC(=O)CCN2C(=O)[C@H]3CCCC[C@@H]3C2=O)ccc1OCc1ccccc1. The molecule has 2 aromatic rings. The lowest BCUT2D eigenvalue weighted by atomic mass is 9.81. The molecule has 1 aliphatic heterocycles. The fourth-order valence-corrected chi connectivity index (χ4v) is 4.63. The summed E-state index contributed by atoms with van der Waals surface area (Å²) < 4.78 is 11.3. The van der Waals surface area contributed by atoms with Gasteiger partial charge in [-0.05, 0) is 36.1 Å². The second-order valence-electron chi connectivity index (χ2n) is 8.61. The first-order valence-electron chi connectivity index (χ1n) is 11.5. The molecule has 1 aliphatic carbocycles. The quantitative estimate of drug-likeness (QED) is 0.592. The van der Waals surface area contributed by atoms with Gasteiger partial charge in [0.05, 0.1) is 18.9 Å². The van der Waals surface area contributed by atoms with Crippen LogP contribution in [0, 0.1) is 11.8 Å². The summed E-state index contributed by atoms with van der Waals surface area (Å²) >= 11 is 0. The Morgan fingerprint density at radius 2 is 1.67 bits per heavy atom. The molecule has 2 aromatic carbocycles. The molecule has 1 saturated carbocycles. The maximum atomic E-state index is 12.5. The predicted molar refractivity (Wildman–Crippen MR) is 122 cm³/mol. The molecule has 0 spiro atoms. The zero-order chi connectivity index (χ0) is 23.2. The molecular weight excluding hydrogens is 420 g/mol. The van der Waals surface area contributed by atoms with Gasteiger partial charge in [-0.2, -0.15) is 0 Å². The minimum absolute atomic E-state index is 0.103. The number of methoxy groups -OCH3 is 1. The summed E-state index contributed by atoms with van der Waals surface area (Å²) in [5.74, 6) is 0.460. The number of rotatable bonds is 9. The highest BCUT2D eigenvalue weighted by Crippen LogP contribution is 2.38. The highest BCUT2D eigenvalue weighted by atomic mass is 16.5. The number of hydrogen-bond acceptors (Lipinski definition) is 5. The molecule has 174 valence electrons. The minimum atomic E-state index is -0.200. The number of hydrogen-bond donors (Lipinski definition) is 1. The van der Waals surface area contributed by atoms with Crippen LogP contribution in [0.15, 0.2) is 48.5 Å². The Morgan fingerprint density at radius 1 is 0.970 bits per heavy atom. The Labute approximate surface area is 194 Å². The Kier molecular flexibility index (Phi) is 7.27. The number of ether oxygens (including phenoxy) is 2. The average molecular weight is 451 g/mol. The van der Waals surface area contributed by atoms with Crippen LogP contribution in [0.1, 0.15) is 43.2 Å². The van der Waals surface area contributed by atoms with Gasteiger partial charge in [0.25, 0.3) is 0 Å². The lowest BCUT2D eigenvalue weighted by Gasteiger charge is -2.19. The van der Waals surface area contributed by atoms with Crippen molar-refractivity contribution in [3.8, 4) is 11.5 Å². The molecule has 2 aliphatic rings. The minimum Gasteiger partial charge on any atom is -0.493 e. The third-order valence-corrected chi connectivity index (χ3v) is 6.45.